The average Bonchev–Trinajstić information content (AvgIpc) is 2.22. The van der Waals surface area contributed by atoms with Gasteiger partial charge in [0, 0.05) is 11.0 Å². The van der Waals surface area contributed by atoms with E-state index in [0.717, 1.165) is 29.5 Å². The molecule has 1 aromatic carbocycles. The van der Waals surface area contributed by atoms with E-state index in [-0.39, 0.29) is 5.82 Å². The van der Waals surface area contributed by atoms with Gasteiger partial charge in [-0.05, 0) is 48.2 Å². The van der Waals surface area contributed by atoms with Crippen LogP contribution in [-0.4, -0.2) is 18.1 Å². The lowest BCUT2D eigenvalue weighted by Crippen LogP contribution is -2.15. The maximum absolute atomic E-state index is 13.0. The topological polar surface area (TPSA) is 12.0 Å². The molecule has 16 heavy (non-hydrogen) atoms. The molecule has 0 radical (unpaired) electrons. The fraction of sp³-hybridized carbons (Fsp3) is 0.500. The number of thioether (sulfide) groups is 1. The fourth-order valence-corrected chi connectivity index (χ4v) is 2.54. The summed E-state index contributed by atoms with van der Waals surface area (Å²) in [4.78, 5) is 0. The van der Waals surface area contributed by atoms with Crippen LogP contribution >= 0.6 is 27.7 Å². The number of nitrogens with one attached hydrogen (secondary N) is 1. The SMILES string of the molecule is CCSCCCNCc1cc(F)cc(Br)c1. The van der Waals surface area contributed by atoms with E-state index >= 15 is 0 Å². The standard InChI is InChI=1S/C12H17BrFNS/c1-2-16-5-3-4-15-9-10-6-11(13)8-12(14)7-10/h6-8,15H,2-5,9H2,1H3. The highest BCUT2D eigenvalue weighted by molar-refractivity contribution is 9.10. The molecule has 1 nitrogen and oxygen atoms in total. The molecule has 4 heteroatoms. The number of hydrogen-bond donors (Lipinski definition) is 1. The molecule has 0 aliphatic carbocycles. The molecule has 0 aromatic heterocycles. The highest BCUT2D eigenvalue weighted by Crippen LogP contribution is 2.14. The van der Waals surface area contributed by atoms with E-state index in [1.54, 1.807) is 6.07 Å². The number of rotatable bonds is 7. The van der Waals surface area contributed by atoms with Crippen LogP contribution in [0.3, 0.4) is 0 Å². The Morgan fingerprint density at radius 2 is 2.19 bits per heavy atom. The van der Waals surface area contributed by atoms with E-state index in [9.17, 15) is 4.39 Å². The third-order valence-corrected chi connectivity index (χ3v) is 3.54. The molecule has 1 N–H and O–H groups in total. The summed E-state index contributed by atoms with van der Waals surface area (Å²) < 4.78 is 13.8. The molecule has 0 aliphatic heterocycles. The predicted molar refractivity (Wildman–Crippen MR) is 73.4 cm³/mol. The van der Waals surface area contributed by atoms with Crippen LogP contribution in [0.1, 0.15) is 18.9 Å². The second-order valence-electron chi connectivity index (χ2n) is 3.50. The summed E-state index contributed by atoms with van der Waals surface area (Å²) in [7, 11) is 0. The number of halogens is 2. The minimum absolute atomic E-state index is 0.187. The van der Waals surface area contributed by atoms with Crippen LogP contribution in [-0.2, 0) is 6.54 Å². The minimum Gasteiger partial charge on any atom is -0.313 e. The summed E-state index contributed by atoms with van der Waals surface area (Å²) in [5, 5.41) is 3.31. The minimum atomic E-state index is -0.187. The Bertz CT molecular complexity index is 300. The van der Waals surface area contributed by atoms with Gasteiger partial charge in [-0.15, -0.1) is 0 Å². The molecule has 1 aromatic rings. The van der Waals surface area contributed by atoms with E-state index in [2.05, 4.69) is 28.2 Å². The zero-order chi connectivity index (χ0) is 11.8. The Morgan fingerprint density at radius 1 is 1.38 bits per heavy atom. The zero-order valence-corrected chi connectivity index (χ0v) is 11.8. The fourth-order valence-electron chi connectivity index (χ4n) is 1.39. The maximum atomic E-state index is 13.0. The maximum Gasteiger partial charge on any atom is 0.124 e. The highest BCUT2D eigenvalue weighted by Gasteiger charge is 1.98. The Balaban J connectivity index is 2.21. The van der Waals surface area contributed by atoms with Crippen LogP contribution < -0.4 is 5.32 Å². The van der Waals surface area contributed by atoms with Crippen LogP contribution in [0.4, 0.5) is 4.39 Å². The van der Waals surface area contributed by atoms with Gasteiger partial charge < -0.3 is 5.32 Å². The zero-order valence-electron chi connectivity index (χ0n) is 9.43. The van der Waals surface area contributed by atoms with Crippen molar-refractivity contribution in [3.63, 3.8) is 0 Å². The lowest BCUT2D eigenvalue weighted by Gasteiger charge is -2.05. The van der Waals surface area contributed by atoms with Crippen LogP contribution in [0.5, 0.6) is 0 Å². The molecule has 0 saturated heterocycles. The number of benzene rings is 1. The van der Waals surface area contributed by atoms with Gasteiger partial charge in [-0.25, -0.2) is 4.39 Å². The molecule has 0 bridgehead atoms. The van der Waals surface area contributed by atoms with Crippen molar-refractivity contribution >= 4 is 27.7 Å². The van der Waals surface area contributed by atoms with Crippen molar-refractivity contribution in [2.75, 3.05) is 18.1 Å². The van der Waals surface area contributed by atoms with Crippen molar-refractivity contribution in [1.82, 2.24) is 5.32 Å². The van der Waals surface area contributed by atoms with Crippen molar-refractivity contribution < 1.29 is 4.39 Å². The van der Waals surface area contributed by atoms with Gasteiger partial charge in [0.2, 0.25) is 0 Å². The molecule has 0 spiro atoms. The summed E-state index contributed by atoms with van der Waals surface area (Å²) in [6.45, 7) is 3.89. The van der Waals surface area contributed by atoms with Crippen molar-refractivity contribution in [2.45, 2.75) is 19.9 Å². The van der Waals surface area contributed by atoms with Gasteiger partial charge in [0.05, 0.1) is 0 Å². The molecular formula is C12H17BrFNS. The molecule has 0 aliphatic rings. The third-order valence-electron chi connectivity index (χ3n) is 2.10. The summed E-state index contributed by atoms with van der Waals surface area (Å²) in [5.41, 5.74) is 0.981. The molecule has 1 rings (SSSR count). The third kappa shape index (κ3) is 5.87. The van der Waals surface area contributed by atoms with Crippen molar-refractivity contribution in [3.8, 4) is 0 Å². The average molecular weight is 306 g/mol. The normalized spacial score (nSPS) is 10.7. The smallest absolute Gasteiger partial charge is 0.124 e. The molecule has 90 valence electrons. The van der Waals surface area contributed by atoms with Crippen LogP contribution in [0.15, 0.2) is 22.7 Å². The second-order valence-corrected chi connectivity index (χ2v) is 5.81. The Labute approximate surface area is 109 Å². The quantitative estimate of drug-likeness (QED) is 0.769. The summed E-state index contributed by atoms with van der Waals surface area (Å²) in [5.74, 6) is 2.18. The molecule has 0 unspecified atom stereocenters. The lowest BCUT2D eigenvalue weighted by molar-refractivity contribution is 0.618. The van der Waals surface area contributed by atoms with Gasteiger partial charge in [0.15, 0.2) is 0 Å². The summed E-state index contributed by atoms with van der Waals surface area (Å²) >= 11 is 5.24. The van der Waals surface area contributed by atoms with Gasteiger partial charge in [-0.3, -0.25) is 0 Å². The van der Waals surface area contributed by atoms with Gasteiger partial charge in [-0.2, -0.15) is 11.8 Å². The molecule has 0 atom stereocenters. The predicted octanol–water partition coefficient (Wildman–Crippen LogP) is 3.82. The van der Waals surface area contributed by atoms with Gasteiger partial charge in [-0.1, -0.05) is 22.9 Å². The van der Waals surface area contributed by atoms with Crippen LogP contribution in [0, 0.1) is 5.82 Å². The molecule has 0 heterocycles. The van der Waals surface area contributed by atoms with Gasteiger partial charge in [0.1, 0.15) is 5.82 Å². The first-order chi connectivity index (χ1) is 7.72. The first kappa shape index (κ1) is 14.0. The summed E-state index contributed by atoms with van der Waals surface area (Å²) in [6.07, 6.45) is 1.16. The van der Waals surface area contributed by atoms with E-state index in [1.807, 2.05) is 17.8 Å². The highest BCUT2D eigenvalue weighted by atomic mass is 79.9. The van der Waals surface area contributed by atoms with Gasteiger partial charge >= 0.3 is 0 Å². The first-order valence-corrected chi connectivity index (χ1v) is 7.40. The first-order valence-electron chi connectivity index (χ1n) is 5.46. The van der Waals surface area contributed by atoms with E-state index in [4.69, 9.17) is 0 Å². The molecule has 0 amide bonds. The van der Waals surface area contributed by atoms with Crippen LogP contribution in [0.2, 0.25) is 0 Å². The second kappa shape index (κ2) is 8.09. The van der Waals surface area contributed by atoms with Crippen molar-refractivity contribution in [3.05, 3.63) is 34.1 Å². The largest absolute Gasteiger partial charge is 0.313 e. The summed E-state index contributed by atoms with van der Waals surface area (Å²) in [6, 6.07) is 4.98. The van der Waals surface area contributed by atoms with Crippen molar-refractivity contribution in [1.29, 1.82) is 0 Å². The van der Waals surface area contributed by atoms with E-state index in [0.29, 0.717) is 0 Å². The molecule has 0 fully saturated rings. The monoisotopic (exact) mass is 305 g/mol. The Hall–Kier alpha value is -0.0600. The Kier molecular flexibility index (Phi) is 7.08. The van der Waals surface area contributed by atoms with Gasteiger partial charge in [0.25, 0.3) is 0 Å². The van der Waals surface area contributed by atoms with Crippen LogP contribution in [0.25, 0.3) is 0 Å². The molecule has 0 saturated carbocycles. The van der Waals surface area contributed by atoms with E-state index < -0.39 is 0 Å². The molecular weight excluding hydrogens is 289 g/mol. The number of hydrogen-bond acceptors (Lipinski definition) is 2. The Morgan fingerprint density at radius 3 is 2.88 bits per heavy atom. The van der Waals surface area contributed by atoms with Crippen molar-refractivity contribution in [2.24, 2.45) is 0 Å². The lowest BCUT2D eigenvalue weighted by atomic mass is 10.2. The van der Waals surface area contributed by atoms with E-state index in [1.165, 1.54) is 17.6 Å².